The van der Waals surface area contributed by atoms with Crippen molar-refractivity contribution in [3.05, 3.63) is 12.2 Å². The Morgan fingerprint density at radius 2 is 1.43 bits per heavy atom. The Morgan fingerprint density at radius 1 is 0.900 bits per heavy atom. The Hall–Kier alpha value is -2.42. The predicted octanol–water partition coefficient (Wildman–Crippen LogP) is 1.91. The van der Waals surface area contributed by atoms with Gasteiger partial charge in [-0.1, -0.05) is 0 Å². The van der Waals surface area contributed by atoms with Gasteiger partial charge in [-0.3, -0.25) is 19.3 Å². The van der Waals surface area contributed by atoms with Crippen LogP contribution < -0.4 is 10.6 Å². The fourth-order valence-corrected chi connectivity index (χ4v) is 2.58. The fourth-order valence-electron chi connectivity index (χ4n) is 2.58. The van der Waals surface area contributed by atoms with Crippen molar-refractivity contribution < 1.29 is 28.7 Å². The van der Waals surface area contributed by atoms with Crippen molar-refractivity contribution >= 4 is 23.8 Å². The highest BCUT2D eigenvalue weighted by atomic mass is 16.6. The van der Waals surface area contributed by atoms with Crippen LogP contribution in [-0.4, -0.2) is 65.7 Å². The molecule has 0 aromatic rings. The highest BCUT2D eigenvalue weighted by molar-refractivity contribution is 6.15. The van der Waals surface area contributed by atoms with Crippen LogP contribution in [0, 0.1) is 0 Å². The van der Waals surface area contributed by atoms with Crippen molar-refractivity contribution in [1.82, 2.24) is 15.5 Å². The van der Waals surface area contributed by atoms with Gasteiger partial charge in [0.2, 0.25) is 5.91 Å². The van der Waals surface area contributed by atoms with E-state index in [-0.39, 0.29) is 6.61 Å². The van der Waals surface area contributed by atoms with Crippen molar-refractivity contribution in [3.63, 3.8) is 0 Å². The molecule has 0 aromatic heterocycles. The molecule has 2 N–H and O–H groups in total. The Bertz CT molecular complexity index is 643. The molecule has 0 radical (unpaired) electrons. The monoisotopic (exact) mass is 425 g/mol. The summed E-state index contributed by atoms with van der Waals surface area (Å²) >= 11 is 0. The molecule has 30 heavy (non-hydrogen) atoms. The molecule has 1 aliphatic rings. The summed E-state index contributed by atoms with van der Waals surface area (Å²) in [5.41, 5.74) is -1.05. The number of unbranched alkanes of at least 4 members (excludes halogenated alkanes) is 2. The highest BCUT2D eigenvalue weighted by Crippen LogP contribution is 2.14. The molecule has 0 saturated carbocycles. The number of amides is 4. The second-order valence-electron chi connectivity index (χ2n) is 9.10. The van der Waals surface area contributed by atoms with Gasteiger partial charge in [0.15, 0.2) is 0 Å². The molecule has 0 aliphatic carbocycles. The van der Waals surface area contributed by atoms with Gasteiger partial charge in [0.1, 0.15) is 11.6 Å². The second-order valence-corrected chi connectivity index (χ2v) is 9.10. The first kappa shape index (κ1) is 25.6. The first-order chi connectivity index (χ1) is 13.8. The lowest BCUT2D eigenvalue weighted by Crippen LogP contribution is -2.53. The number of carbonyl (C=O) groups excluding carboxylic acids is 4. The van der Waals surface area contributed by atoms with E-state index in [1.807, 2.05) is 20.8 Å². The van der Waals surface area contributed by atoms with Gasteiger partial charge in [-0.15, -0.1) is 0 Å². The third-order valence-electron chi connectivity index (χ3n) is 3.95. The fraction of sp³-hybridized carbons (Fsp3) is 0.714. The summed E-state index contributed by atoms with van der Waals surface area (Å²) in [5.74, 6) is -1.48. The van der Waals surface area contributed by atoms with E-state index >= 15 is 0 Å². The Balaban J connectivity index is 2.39. The lowest BCUT2D eigenvalue weighted by atomic mass is 10.1. The summed E-state index contributed by atoms with van der Waals surface area (Å²) < 4.78 is 10.8. The Labute approximate surface area is 178 Å². The maximum absolute atomic E-state index is 12.6. The van der Waals surface area contributed by atoms with Crippen LogP contribution in [0.5, 0.6) is 0 Å². The smallest absolute Gasteiger partial charge is 0.407 e. The van der Waals surface area contributed by atoms with Gasteiger partial charge in [-0.05, 0) is 60.8 Å². The Kier molecular flexibility index (Phi) is 9.48. The SMILES string of the molecule is CC(C)(C)OC[C@@H](C(=O)NCCCCCNC(=O)OC(C)(C)C)N1C(=O)C=CC1=O. The average Bonchev–Trinajstić information content (AvgIpc) is 2.91. The van der Waals surface area contributed by atoms with Gasteiger partial charge in [0.05, 0.1) is 12.2 Å². The summed E-state index contributed by atoms with van der Waals surface area (Å²) in [4.78, 5) is 49.1. The van der Waals surface area contributed by atoms with Gasteiger partial charge >= 0.3 is 6.09 Å². The number of rotatable bonds is 10. The second kappa shape index (κ2) is 11.1. The first-order valence-electron chi connectivity index (χ1n) is 10.2. The minimum Gasteiger partial charge on any atom is -0.444 e. The number of nitrogens with zero attached hydrogens (tertiary/aromatic N) is 1. The van der Waals surface area contributed by atoms with Crippen LogP contribution in [-0.2, 0) is 23.9 Å². The van der Waals surface area contributed by atoms with E-state index in [1.54, 1.807) is 20.8 Å². The number of imide groups is 1. The van der Waals surface area contributed by atoms with Crippen LogP contribution in [0.4, 0.5) is 4.79 Å². The van der Waals surface area contributed by atoms with Crippen LogP contribution in [0.2, 0.25) is 0 Å². The lowest BCUT2D eigenvalue weighted by molar-refractivity contribution is -0.149. The van der Waals surface area contributed by atoms with Gasteiger partial charge in [-0.25, -0.2) is 4.79 Å². The molecule has 0 saturated heterocycles. The minimum atomic E-state index is -1.02. The van der Waals surface area contributed by atoms with Crippen LogP contribution in [0.25, 0.3) is 0 Å². The number of ether oxygens (including phenoxy) is 2. The van der Waals surface area contributed by atoms with Crippen molar-refractivity contribution in [3.8, 4) is 0 Å². The third-order valence-corrected chi connectivity index (χ3v) is 3.95. The molecule has 4 amide bonds. The van der Waals surface area contributed by atoms with Crippen LogP contribution in [0.15, 0.2) is 12.2 Å². The van der Waals surface area contributed by atoms with Crippen LogP contribution in [0.3, 0.4) is 0 Å². The van der Waals surface area contributed by atoms with Gasteiger partial charge in [-0.2, -0.15) is 0 Å². The summed E-state index contributed by atoms with van der Waals surface area (Å²) in [6.45, 7) is 11.7. The zero-order chi connectivity index (χ0) is 22.9. The predicted molar refractivity (Wildman–Crippen MR) is 112 cm³/mol. The molecule has 0 spiro atoms. The normalized spacial score (nSPS) is 15.3. The summed E-state index contributed by atoms with van der Waals surface area (Å²) in [7, 11) is 0. The summed E-state index contributed by atoms with van der Waals surface area (Å²) in [6, 6.07) is -1.02. The molecule has 0 fully saturated rings. The minimum absolute atomic E-state index is 0.0751. The molecule has 1 atom stereocenters. The largest absolute Gasteiger partial charge is 0.444 e. The zero-order valence-electron chi connectivity index (χ0n) is 18.9. The number of hydrogen-bond donors (Lipinski definition) is 2. The third kappa shape index (κ3) is 9.87. The average molecular weight is 426 g/mol. The number of nitrogens with one attached hydrogen (secondary N) is 2. The molecule has 1 rings (SSSR count). The maximum atomic E-state index is 12.6. The van der Waals surface area contributed by atoms with Gasteiger partial charge in [0, 0.05) is 25.2 Å². The number of carbonyl (C=O) groups is 4. The molecule has 9 heteroatoms. The van der Waals surface area contributed by atoms with E-state index in [0.29, 0.717) is 19.5 Å². The van der Waals surface area contributed by atoms with Crippen molar-refractivity contribution in [2.24, 2.45) is 0 Å². The Morgan fingerprint density at radius 3 is 1.93 bits per heavy atom. The van der Waals surface area contributed by atoms with E-state index in [1.165, 1.54) is 0 Å². The molecule has 0 aromatic carbocycles. The van der Waals surface area contributed by atoms with E-state index in [2.05, 4.69) is 10.6 Å². The molecule has 170 valence electrons. The molecule has 0 unspecified atom stereocenters. The molecule has 1 aliphatic heterocycles. The van der Waals surface area contributed by atoms with E-state index in [0.717, 1.165) is 29.9 Å². The zero-order valence-corrected chi connectivity index (χ0v) is 18.9. The van der Waals surface area contributed by atoms with Gasteiger partial charge in [0.25, 0.3) is 11.8 Å². The van der Waals surface area contributed by atoms with Crippen molar-refractivity contribution in [2.45, 2.75) is 78.0 Å². The standard InChI is InChI=1S/C21H35N3O6/c1-20(2,3)29-14-15(24-16(25)10-11-17(24)26)18(27)22-12-8-7-9-13-23-19(28)30-21(4,5)6/h10-11,15H,7-9,12-14H2,1-6H3,(H,22,27)(H,23,28)/t15-/m0/s1. The lowest BCUT2D eigenvalue weighted by Gasteiger charge is -2.28. The molecule has 1 heterocycles. The van der Waals surface area contributed by atoms with E-state index in [4.69, 9.17) is 9.47 Å². The van der Waals surface area contributed by atoms with Crippen LogP contribution >= 0.6 is 0 Å². The van der Waals surface area contributed by atoms with Crippen molar-refractivity contribution in [1.29, 1.82) is 0 Å². The summed E-state index contributed by atoms with van der Waals surface area (Å²) in [5, 5.41) is 5.44. The number of hydrogen-bond acceptors (Lipinski definition) is 6. The molecule has 9 nitrogen and oxygen atoms in total. The first-order valence-corrected chi connectivity index (χ1v) is 10.2. The summed E-state index contributed by atoms with van der Waals surface area (Å²) in [6.07, 6.45) is 4.05. The highest BCUT2D eigenvalue weighted by Gasteiger charge is 2.36. The molecular weight excluding hydrogens is 390 g/mol. The maximum Gasteiger partial charge on any atom is 0.407 e. The van der Waals surface area contributed by atoms with Crippen LogP contribution in [0.1, 0.15) is 60.8 Å². The van der Waals surface area contributed by atoms with E-state index in [9.17, 15) is 19.2 Å². The van der Waals surface area contributed by atoms with Gasteiger partial charge < -0.3 is 20.1 Å². The molecule has 0 bridgehead atoms. The molecular formula is C21H35N3O6. The number of alkyl carbamates (subject to hydrolysis) is 1. The quantitative estimate of drug-likeness (QED) is 0.408. The van der Waals surface area contributed by atoms with E-state index < -0.39 is 41.1 Å². The topological polar surface area (TPSA) is 114 Å². The van der Waals surface area contributed by atoms with Crippen molar-refractivity contribution in [2.75, 3.05) is 19.7 Å².